The lowest BCUT2D eigenvalue weighted by molar-refractivity contribution is -0.102. The molecule has 8 heteroatoms. The maximum atomic E-state index is 13.3. The van der Waals surface area contributed by atoms with Crippen molar-refractivity contribution in [3.8, 4) is 22.6 Å². The van der Waals surface area contributed by atoms with Gasteiger partial charge in [0.1, 0.15) is 17.2 Å². The van der Waals surface area contributed by atoms with E-state index in [-0.39, 0.29) is 5.82 Å². The Hall–Kier alpha value is -3.10. The van der Waals surface area contributed by atoms with Crippen LogP contribution >= 0.6 is 0 Å². The lowest BCUT2D eigenvalue weighted by atomic mass is 10.1. The molecule has 1 N–H and O–H groups in total. The number of aliphatic hydroxyl groups is 1. The maximum absolute atomic E-state index is 13.3. The zero-order chi connectivity index (χ0) is 19.7. The second kappa shape index (κ2) is 7.49. The van der Waals surface area contributed by atoms with Gasteiger partial charge in [-0.15, -0.1) is 0 Å². The van der Waals surface area contributed by atoms with E-state index in [0.717, 1.165) is 11.3 Å². The van der Waals surface area contributed by atoms with Crippen LogP contribution in [0, 0.1) is 5.82 Å². The second-order valence-corrected chi connectivity index (χ2v) is 6.21. The fourth-order valence-corrected chi connectivity index (χ4v) is 3.14. The Morgan fingerprint density at radius 1 is 1.11 bits per heavy atom. The molecule has 0 bridgehead atoms. The third-order valence-electron chi connectivity index (χ3n) is 4.50. The molecule has 0 radical (unpaired) electrons. The molecule has 3 aromatic heterocycles. The van der Waals surface area contributed by atoms with Gasteiger partial charge in [-0.3, -0.25) is 0 Å². The average molecular weight is 381 g/mol. The molecule has 3 heterocycles. The summed E-state index contributed by atoms with van der Waals surface area (Å²) in [5.41, 5.74) is 4.02. The van der Waals surface area contributed by atoms with Crippen molar-refractivity contribution < 1.29 is 14.2 Å². The number of hydrogen-bond acceptors (Lipinski definition) is 5. The monoisotopic (exact) mass is 381 g/mol. The smallest absolute Gasteiger partial charge is 0.200 e. The molecular weight excluding hydrogens is 361 g/mol. The number of ether oxygens (including phenoxy) is 1. The van der Waals surface area contributed by atoms with E-state index in [1.54, 1.807) is 36.1 Å². The molecule has 0 aliphatic rings. The van der Waals surface area contributed by atoms with Crippen LogP contribution in [0.25, 0.3) is 28.3 Å². The van der Waals surface area contributed by atoms with Crippen molar-refractivity contribution in [2.75, 3.05) is 6.61 Å². The van der Waals surface area contributed by atoms with Gasteiger partial charge < -0.3 is 14.4 Å². The van der Waals surface area contributed by atoms with Crippen LogP contribution in [0.15, 0.2) is 48.9 Å². The Bertz CT molecular complexity index is 1100. The zero-order valence-electron chi connectivity index (χ0n) is 15.6. The zero-order valence-corrected chi connectivity index (χ0v) is 15.6. The number of rotatable bonds is 6. The van der Waals surface area contributed by atoms with Gasteiger partial charge in [-0.2, -0.15) is 5.10 Å². The van der Waals surface area contributed by atoms with E-state index in [0.29, 0.717) is 35.9 Å². The molecule has 0 amide bonds. The van der Waals surface area contributed by atoms with Crippen LogP contribution in [0.1, 0.15) is 25.8 Å². The van der Waals surface area contributed by atoms with Gasteiger partial charge in [-0.1, -0.05) is 0 Å². The highest BCUT2D eigenvalue weighted by Gasteiger charge is 2.19. The molecule has 28 heavy (non-hydrogen) atoms. The van der Waals surface area contributed by atoms with E-state index in [2.05, 4.69) is 15.1 Å². The second-order valence-electron chi connectivity index (χ2n) is 6.21. The first-order valence-corrected chi connectivity index (χ1v) is 9.08. The minimum Gasteiger partial charge on any atom is -0.363 e. The van der Waals surface area contributed by atoms with Crippen LogP contribution in [0.3, 0.4) is 0 Å². The van der Waals surface area contributed by atoms with E-state index in [4.69, 9.17) is 4.74 Å². The Morgan fingerprint density at radius 3 is 2.61 bits per heavy atom. The van der Waals surface area contributed by atoms with Crippen molar-refractivity contribution in [3.63, 3.8) is 0 Å². The number of fused-ring (bicyclic) bond motifs is 1. The summed E-state index contributed by atoms with van der Waals surface area (Å²) in [4.78, 5) is 8.79. The number of aromatic nitrogens is 5. The van der Waals surface area contributed by atoms with Gasteiger partial charge in [0, 0.05) is 18.7 Å². The van der Waals surface area contributed by atoms with Crippen molar-refractivity contribution in [1.29, 1.82) is 0 Å². The molecule has 0 saturated heterocycles. The molecule has 0 saturated carbocycles. The highest BCUT2D eigenvalue weighted by atomic mass is 19.1. The van der Waals surface area contributed by atoms with Crippen LogP contribution in [-0.2, 0) is 11.3 Å². The van der Waals surface area contributed by atoms with Gasteiger partial charge >= 0.3 is 0 Å². The van der Waals surface area contributed by atoms with Gasteiger partial charge in [0.2, 0.25) is 0 Å². The standard InChI is InChI=1S/C20H20FN5O2/c1-3-25-12-23-18(13-5-7-14(21)8-6-13)19(25)15-9-10-17-22-11-16(26(17)24-15)20(27)28-4-2/h5-12,20,27H,3-4H2,1-2H3. The van der Waals surface area contributed by atoms with Crippen molar-refractivity contribution in [2.45, 2.75) is 26.7 Å². The van der Waals surface area contributed by atoms with Gasteiger partial charge in [0.15, 0.2) is 11.9 Å². The normalized spacial score (nSPS) is 12.6. The van der Waals surface area contributed by atoms with Crippen LogP contribution in [0.5, 0.6) is 0 Å². The Balaban J connectivity index is 1.86. The number of aliphatic hydroxyl groups excluding tert-OH is 1. The van der Waals surface area contributed by atoms with Crippen LogP contribution in [0.2, 0.25) is 0 Å². The average Bonchev–Trinajstić information content (AvgIpc) is 3.32. The molecule has 0 spiro atoms. The maximum Gasteiger partial charge on any atom is 0.200 e. The van der Waals surface area contributed by atoms with Gasteiger partial charge in [-0.05, 0) is 50.2 Å². The molecular formula is C20H20FN5O2. The number of nitrogens with zero attached hydrogens (tertiary/aromatic N) is 5. The summed E-state index contributed by atoms with van der Waals surface area (Å²) in [7, 11) is 0. The number of hydrogen-bond donors (Lipinski definition) is 1. The summed E-state index contributed by atoms with van der Waals surface area (Å²) >= 11 is 0. The molecule has 144 valence electrons. The van der Waals surface area contributed by atoms with E-state index in [1.807, 2.05) is 23.6 Å². The fourth-order valence-electron chi connectivity index (χ4n) is 3.14. The Morgan fingerprint density at radius 2 is 1.89 bits per heavy atom. The quantitative estimate of drug-likeness (QED) is 0.518. The number of benzene rings is 1. The third-order valence-corrected chi connectivity index (χ3v) is 4.50. The highest BCUT2D eigenvalue weighted by molar-refractivity contribution is 5.77. The van der Waals surface area contributed by atoms with E-state index in [9.17, 15) is 9.50 Å². The first kappa shape index (κ1) is 18.3. The van der Waals surface area contributed by atoms with E-state index >= 15 is 0 Å². The van der Waals surface area contributed by atoms with Gasteiger partial charge in [0.05, 0.1) is 23.9 Å². The molecule has 7 nitrogen and oxygen atoms in total. The molecule has 0 aliphatic carbocycles. The first-order chi connectivity index (χ1) is 13.6. The molecule has 1 atom stereocenters. The Kier molecular flexibility index (Phi) is 4.89. The van der Waals surface area contributed by atoms with E-state index < -0.39 is 6.29 Å². The Labute approximate surface area is 161 Å². The first-order valence-electron chi connectivity index (χ1n) is 9.08. The van der Waals surface area contributed by atoms with Crippen LogP contribution in [-0.4, -0.2) is 35.9 Å². The summed E-state index contributed by atoms with van der Waals surface area (Å²) in [6.07, 6.45) is 2.17. The molecule has 4 aromatic rings. The number of imidazole rings is 2. The molecule has 1 aromatic carbocycles. The minimum atomic E-state index is -1.12. The molecule has 0 fully saturated rings. The molecule has 1 unspecified atom stereocenters. The highest BCUT2D eigenvalue weighted by Crippen LogP contribution is 2.30. The van der Waals surface area contributed by atoms with E-state index in [1.165, 1.54) is 12.1 Å². The summed E-state index contributed by atoms with van der Waals surface area (Å²) in [5.74, 6) is -0.298. The van der Waals surface area contributed by atoms with Gasteiger partial charge in [-0.25, -0.2) is 18.9 Å². The van der Waals surface area contributed by atoms with Crippen molar-refractivity contribution in [2.24, 2.45) is 0 Å². The fraction of sp³-hybridized carbons (Fsp3) is 0.250. The van der Waals surface area contributed by atoms with Crippen LogP contribution in [0.4, 0.5) is 4.39 Å². The summed E-state index contributed by atoms with van der Waals surface area (Å²) in [6, 6.07) is 9.89. The third kappa shape index (κ3) is 3.17. The van der Waals surface area contributed by atoms with Crippen molar-refractivity contribution in [3.05, 3.63) is 60.4 Å². The predicted octanol–water partition coefficient (Wildman–Crippen LogP) is 3.45. The largest absolute Gasteiger partial charge is 0.363 e. The topological polar surface area (TPSA) is 77.5 Å². The predicted molar refractivity (Wildman–Crippen MR) is 102 cm³/mol. The summed E-state index contributed by atoms with van der Waals surface area (Å²) in [6.45, 7) is 4.88. The lowest BCUT2D eigenvalue weighted by Gasteiger charge is -2.11. The molecule has 4 rings (SSSR count). The SMILES string of the molecule is CCOC(O)c1cnc2ccc(-c3c(-c4ccc(F)cc4)ncn3CC)nn12. The van der Waals surface area contributed by atoms with Crippen molar-refractivity contribution in [1.82, 2.24) is 24.1 Å². The molecule has 0 aliphatic heterocycles. The number of halogens is 1. The van der Waals surface area contributed by atoms with Gasteiger partial charge in [0.25, 0.3) is 0 Å². The minimum absolute atomic E-state index is 0.298. The summed E-state index contributed by atoms with van der Waals surface area (Å²) in [5, 5.41) is 14.9. The number of aryl methyl sites for hydroxylation is 1. The lowest BCUT2D eigenvalue weighted by Crippen LogP contribution is -2.09. The summed E-state index contributed by atoms with van der Waals surface area (Å²) < 4.78 is 22.2. The van der Waals surface area contributed by atoms with Crippen LogP contribution < -0.4 is 0 Å². The van der Waals surface area contributed by atoms with Crippen molar-refractivity contribution >= 4 is 5.65 Å².